The number of aromatic nitrogens is 4. The molecule has 0 aliphatic carbocycles. The number of pyridine rings is 1. The van der Waals surface area contributed by atoms with E-state index in [1.807, 2.05) is 0 Å². The number of hydrogen-bond donors (Lipinski definition) is 1. The predicted octanol–water partition coefficient (Wildman–Crippen LogP) is 2.17. The minimum absolute atomic E-state index is 0.0355. The number of ether oxygens (including phenoxy) is 2. The number of nitrogens with one attached hydrogen (secondary N) is 1. The van der Waals surface area contributed by atoms with Crippen molar-refractivity contribution in [3.05, 3.63) is 30.0 Å². The first-order chi connectivity index (χ1) is 13.2. The Hall–Kier alpha value is -2.48. The highest BCUT2D eigenvalue weighted by atomic mass is 16.5. The molecule has 8 heteroatoms. The van der Waals surface area contributed by atoms with E-state index in [0.717, 1.165) is 63.5 Å². The molecular weight excluding hydrogens is 346 g/mol. The van der Waals surface area contributed by atoms with E-state index in [1.54, 1.807) is 25.4 Å². The molecule has 27 heavy (non-hydrogen) atoms. The van der Waals surface area contributed by atoms with Gasteiger partial charge in [0.25, 0.3) is 0 Å². The number of carbonyl (C=O) groups is 1. The van der Waals surface area contributed by atoms with E-state index in [4.69, 9.17) is 9.47 Å². The van der Waals surface area contributed by atoms with Gasteiger partial charge in [-0.3, -0.25) is 4.79 Å². The van der Waals surface area contributed by atoms with Crippen LogP contribution in [0.1, 0.15) is 43.3 Å². The fraction of sp³-hybridized carbons (Fsp3) is 0.579. The number of carbonyl (C=O) groups excluding carboxylic acids is 1. The van der Waals surface area contributed by atoms with Gasteiger partial charge in [0.15, 0.2) is 0 Å². The number of anilines is 1. The summed E-state index contributed by atoms with van der Waals surface area (Å²) >= 11 is 0. The maximum absolute atomic E-state index is 12.7. The van der Waals surface area contributed by atoms with E-state index < -0.39 is 0 Å². The Morgan fingerprint density at radius 1 is 1.22 bits per heavy atom. The lowest BCUT2D eigenvalue weighted by Gasteiger charge is -2.22. The second kappa shape index (κ2) is 8.04. The SMILES string of the molecule is COc1ccc(NC(=O)C2CCc3nnc(C4CCOCC4)n3CC2)cn1. The van der Waals surface area contributed by atoms with Crippen LogP contribution in [0, 0.1) is 5.92 Å². The smallest absolute Gasteiger partial charge is 0.227 e. The Morgan fingerprint density at radius 2 is 2.07 bits per heavy atom. The molecule has 1 atom stereocenters. The number of fused-ring (bicyclic) bond motifs is 1. The standard InChI is InChI=1S/C19H25N5O3/c1-26-17-5-3-15(12-20-17)21-19(25)14-2-4-16-22-23-18(24(16)9-6-14)13-7-10-27-11-8-13/h3,5,12-14H,2,4,6-11H2,1H3,(H,21,25). The van der Waals surface area contributed by atoms with E-state index in [-0.39, 0.29) is 11.8 Å². The summed E-state index contributed by atoms with van der Waals surface area (Å²) in [4.78, 5) is 16.8. The normalized spacial score (nSPS) is 20.6. The second-order valence-electron chi connectivity index (χ2n) is 7.12. The summed E-state index contributed by atoms with van der Waals surface area (Å²) in [6.07, 6.45) is 5.94. The molecule has 4 heterocycles. The summed E-state index contributed by atoms with van der Waals surface area (Å²) < 4.78 is 12.7. The molecule has 8 nitrogen and oxygen atoms in total. The van der Waals surface area contributed by atoms with Crippen molar-refractivity contribution in [2.45, 2.75) is 44.6 Å². The number of rotatable bonds is 4. The first kappa shape index (κ1) is 17.9. The lowest BCUT2D eigenvalue weighted by molar-refractivity contribution is -0.120. The lowest BCUT2D eigenvalue weighted by atomic mass is 9.98. The Labute approximate surface area is 158 Å². The Balaban J connectivity index is 1.40. The van der Waals surface area contributed by atoms with Gasteiger partial charge in [-0.2, -0.15) is 0 Å². The van der Waals surface area contributed by atoms with Gasteiger partial charge in [-0.1, -0.05) is 0 Å². The van der Waals surface area contributed by atoms with Gasteiger partial charge in [-0.25, -0.2) is 4.98 Å². The summed E-state index contributed by atoms with van der Waals surface area (Å²) in [7, 11) is 1.57. The van der Waals surface area contributed by atoms with Crippen LogP contribution in [0.25, 0.3) is 0 Å². The molecule has 2 aromatic rings. The van der Waals surface area contributed by atoms with E-state index in [1.165, 1.54) is 0 Å². The van der Waals surface area contributed by atoms with Gasteiger partial charge < -0.3 is 19.4 Å². The third-order valence-electron chi connectivity index (χ3n) is 5.44. The molecule has 0 aromatic carbocycles. The van der Waals surface area contributed by atoms with E-state index in [9.17, 15) is 4.79 Å². The molecule has 1 fully saturated rings. The van der Waals surface area contributed by atoms with Crippen LogP contribution in [0.2, 0.25) is 0 Å². The molecule has 1 saturated heterocycles. The quantitative estimate of drug-likeness (QED) is 0.886. The van der Waals surface area contributed by atoms with Crippen molar-refractivity contribution in [1.29, 1.82) is 0 Å². The largest absolute Gasteiger partial charge is 0.481 e. The fourth-order valence-corrected chi connectivity index (χ4v) is 3.85. The highest BCUT2D eigenvalue weighted by Crippen LogP contribution is 2.29. The lowest BCUT2D eigenvalue weighted by Crippen LogP contribution is -2.24. The van der Waals surface area contributed by atoms with E-state index >= 15 is 0 Å². The van der Waals surface area contributed by atoms with Crippen LogP contribution >= 0.6 is 0 Å². The maximum atomic E-state index is 12.7. The Kier molecular flexibility index (Phi) is 5.33. The van der Waals surface area contributed by atoms with Crippen molar-refractivity contribution in [3.63, 3.8) is 0 Å². The number of methoxy groups -OCH3 is 1. The van der Waals surface area contributed by atoms with Crippen LogP contribution in [-0.4, -0.2) is 46.0 Å². The average molecular weight is 371 g/mol. The van der Waals surface area contributed by atoms with Gasteiger partial charge >= 0.3 is 0 Å². The average Bonchev–Trinajstić information content (AvgIpc) is 3.00. The van der Waals surface area contributed by atoms with Crippen LogP contribution in [0.15, 0.2) is 18.3 Å². The highest BCUT2D eigenvalue weighted by Gasteiger charge is 2.28. The zero-order valence-corrected chi connectivity index (χ0v) is 15.6. The summed E-state index contributed by atoms with van der Waals surface area (Å²) in [5, 5.41) is 11.8. The summed E-state index contributed by atoms with van der Waals surface area (Å²) in [5.74, 6) is 2.99. The summed E-state index contributed by atoms with van der Waals surface area (Å²) in [6, 6.07) is 3.54. The van der Waals surface area contributed by atoms with Gasteiger partial charge in [0.05, 0.1) is 19.0 Å². The summed E-state index contributed by atoms with van der Waals surface area (Å²) in [5.41, 5.74) is 0.687. The first-order valence-electron chi connectivity index (χ1n) is 9.55. The molecular formula is C19H25N5O3. The number of nitrogens with zero attached hydrogens (tertiary/aromatic N) is 4. The molecule has 0 radical (unpaired) electrons. The monoisotopic (exact) mass is 371 g/mol. The number of hydrogen-bond acceptors (Lipinski definition) is 6. The maximum Gasteiger partial charge on any atom is 0.227 e. The molecule has 2 aliphatic heterocycles. The van der Waals surface area contributed by atoms with Gasteiger partial charge in [-0.15, -0.1) is 10.2 Å². The Bertz CT molecular complexity index is 783. The summed E-state index contributed by atoms with van der Waals surface area (Å²) in [6.45, 7) is 2.36. The van der Waals surface area contributed by atoms with Crippen LogP contribution < -0.4 is 10.1 Å². The minimum Gasteiger partial charge on any atom is -0.481 e. The molecule has 0 saturated carbocycles. The minimum atomic E-state index is -0.0451. The van der Waals surface area contributed by atoms with Crippen LogP contribution in [-0.2, 0) is 22.5 Å². The second-order valence-corrected chi connectivity index (χ2v) is 7.12. The zero-order chi connectivity index (χ0) is 18.6. The molecule has 0 spiro atoms. The van der Waals surface area contributed by atoms with E-state index in [0.29, 0.717) is 17.5 Å². The van der Waals surface area contributed by atoms with Crippen molar-refractivity contribution in [2.75, 3.05) is 25.6 Å². The zero-order valence-electron chi connectivity index (χ0n) is 15.6. The molecule has 2 aromatic heterocycles. The van der Waals surface area contributed by atoms with Gasteiger partial charge in [0.1, 0.15) is 11.6 Å². The van der Waals surface area contributed by atoms with Crippen molar-refractivity contribution in [2.24, 2.45) is 5.92 Å². The van der Waals surface area contributed by atoms with E-state index in [2.05, 4.69) is 25.1 Å². The Morgan fingerprint density at radius 3 is 2.81 bits per heavy atom. The van der Waals surface area contributed by atoms with Crippen molar-refractivity contribution < 1.29 is 14.3 Å². The molecule has 1 amide bonds. The molecule has 2 aliphatic rings. The first-order valence-corrected chi connectivity index (χ1v) is 9.55. The van der Waals surface area contributed by atoms with Crippen LogP contribution in [0.3, 0.4) is 0 Å². The molecule has 144 valence electrons. The van der Waals surface area contributed by atoms with Crippen molar-refractivity contribution >= 4 is 11.6 Å². The van der Waals surface area contributed by atoms with Crippen LogP contribution in [0.5, 0.6) is 5.88 Å². The van der Waals surface area contributed by atoms with Gasteiger partial charge in [0.2, 0.25) is 11.8 Å². The third-order valence-corrected chi connectivity index (χ3v) is 5.44. The van der Waals surface area contributed by atoms with Crippen molar-refractivity contribution in [3.8, 4) is 5.88 Å². The number of aryl methyl sites for hydroxylation is 1. The van der Waals surface area contributed by atoms with Gasteiger partial charge in [-0.05, 0) is 31.7 Å². The van der Waals surface area contributed by atoms with Crippen molar-refractivity contribution in [1.82, 2.24) is 19.7 Å². The molecule has 1 unspecified atom stereocenters. The topological polar surface area (TPSA) is 91.2 Å². The predicted molar refractivity (Wildman–Crippen MR) is 98.7 cm³/mol. The number of amides is 1. The third kappa shape index (κ3) is 3.95. The van der Waals surface area contributed by atoms with Crippen LogP contribution in [0.4, 0.5) is 5.69 Å². The molecule has 0 bridgehead atoms. The van der Waals surface area contributed by atoms with Gasteiger partial charge in [0, 0.05) is 44.1 Å². The molecule has 4 rings (SSSR count). The molecule has 1 N–H and O–H groups in total. The fourth-order valence-electron chi connectivity index (χ4n) is 3.85. The highest BCUT2D eigenvalue weighted by molar-refractivity contribution is 5.92.